The molecular weight excluding hydrogens is 304 g/mol. The second-order valence-corrected chi connectivity index (χ2v) is 6.44. The average Bonchev–Trinajstić information content (AvgIpc) is 3.23. The first-order valence-corrected chi connectivity index (χ1v) is 8.56. The van der Waals surface area contributed by atoms with Gasteiger partial charge in [0.2, 0.25) is 11.7 Å². The van der Waals surface area contributed by atoms with Crippen molar-refractivity contribution in [2.45, 2.75) is 52.1 Å². The summed E-state index contributed by atoms with van der Waals surface area (Å²) in [5.41, 5.74) is 2.08. The van der Waals surface area contributed by atoms with Crippen LogP contribution >= 0.6 is 0 Å². The average molecular weight is 328 g/mol. The van der Waals surface area contributed by atoms with Crippen molar-refractivity contribution in [2.75, 3.05) is 6.54 Å². The quantitative estimate of drug-likeness (QED) is 0.929. The summed E-state index contributed by atoms with van der Waals surface area (Å²) in [5.74, 6) is 1.09. The van der Waals surface area contributed by atoms with Crippen molar-refractivity contribution in [2.24, 2.45) is 0 Å². The highest BCUT2D eigenvalue weighted by Gasteiger charge is 2.34. The summed E-state index contributed by atoms with van der Waals surface area (Å²) in [6.45, 7) is 6.81. The Morgan fingerprint density at radius 2 is 2.33 bits per heavy atom. The van der Waals surface area contributed by atoms with Crippen LogP contribution in [0.25, 0.3) is 11.4 Å². The number of rotatable bonds is 4. The van der Waals surface area contributed by atoms with Gasteiger partial charge in [-0.3, -0.25) is 0 Å². The number of amides is 2. The van der Waals surface area contributed by atoms with E-state index in [1.165, 1.54) is 0 Å². The maximum absolute atomic E-state index is 12.4. The molecule has 1 aromatic carbocycles. The maximum atomic E-state index is 12.4. The fourth-order valence-corrected chi connectivity index (χ4v) is 2.93. The van der Waals surface area contributed by atoms with Crippen molar-refractivity contribution in [3.05, 3.63) is 35.7 Å². The molecule has 24 heavy (non-hydrogen) atoms. The van der Waals surface area contributed by atoms with Gasteiger partial charge in [0.15, 0.2) is 0 Å². The molecule has 0 spiro atoms. The van der Waals surface area contributed by atoms with Gasteiger partial charge in [-0.25, -0.2) is 4.79 Å². The minimum atomic E-state index is -0.139. The van der Waals surface area contributed by atoms with Crippen molar-refractivity contribution in [3.8, 4) is 11.4 Å². The number of likely N-dealkylation sites (tertiary alicyclic amines) is 1. The standard InChI is InChI=1S/C18H24N4O2/c1-4-13(3)19-18(23)22-10-6-9-15(22)17-20-16(21-24-17)14-8-5-7-12(2)11-14/h5,7-8,11,13,15H,4,6,9-10H2,1-3H3,(H,19,23)/t13-,15-/m0/s1. The molecular formula is C18H24N4O2. The fourth-order valence-electron chi connectivity index (χ4n) is 2.93. The molecule has 0 aliphatic carbocycles. The van der Waals surface area contributed by atoms with Gasteiger partial charge in [0, 0.05) is 18.2 Å². The van der Waals surface area contributed by atoms with Crippen molar-refractivity contribution in [3.63, 3.8) is 0 Å². The Hall–Kier alpha value is -2.37. The molecule has 2 atom stereocenters. The maximum Gasteiger partial charge on any atom is 0.318 e. The number of hydrogen-bond donors (Lipinski definition) is 1. The molecule has 0 unspecified atom stereocenters. The van der Waals surface area contributed by atoms with Crippen LogP contribution in [0, 0.1) is 6.92 Å². The van der Waals surface area contributed by atoms with E-state index in [0.717, 1.165) is 36.9 Å². The summed E-state index contributed by atoms with van der Waals surface area (Å²) in [6.07, 6.45) is 2.70. The minimum Gasteiger partial charge on any atom is -0.337 e. The summed E-state index contributed by atoms with van der Waals surface area (Å²) in [7, 11) is 0. The Bertz CT molecular complexity index is 713. The number of nitrogens with one attached hydrogen (secondary N) is 1. The van der Waals surface area contributed by atoms with Crippen LogP contribution in [0.15, 0.2) is 28.8 Å². The first-order chi connectivity index (χ1) is 11.6. The summed E-state index contributed by atoms with van der Waals surface area (Å²) < 4.78 is 5.47. The highest BCUT2D eigenvalue weighted by atomic mass is 16.5. The third-order valence-electron chi connectivity index (χ3n) is 4.50. The largest absolute Gasteiger partial charge is 0.337 e. The van der Waals surface area contributed by atoms with Gasteiger partial charge in [-0.15, -0.1) is 0 Å². The van der Waals surface area contributed by atoms with Crippen molar-refractivity contribution >= 4 is 6.03 Å². The summed E-state index contributed by atoms with van der Waals surface area (Å²) in [5, 5.41) is 7.11. The lowest BCUT2D eigenvalue weighted by Crippen LogP contribution is -2.43. The fraction of sp³-hybridized carbons (Fsp3) is 0.500. The second-order valence-electron chi connectivity index (χ2n) is 6.44. The zero-order valence-electron chi connectivity index (χ0n) is 14.5. The van der Waals surface area contributed by atoms with Gasteiger partial charge in [0.1, 0.15) is 6.04 Å². The van der Waals surface area contributed by atoms with E-state index < -0.39 is 0 Å². The highest BCUT2D eigenvalue weighted by molar-refractivity contribution is 5.75. The van der Waals surface area contributed by atoms with Crippen LogP contribution in [0.5, 0.6) is 0 Å². The zero-order chi connectivity index (χ0) is 17.1. The molecule has 2 heterocycles. The summed E-state index contributed by atoms with van der Waals surface area (Å²) in [6, 6.07) is 7.96. The van der Waals surface area contributed by atoms with Crippen LogP contribution in [-0.4, -0.2) is 33.7 Å². The van der Waals surface area contributed by atoms with E-state index in [9.17, 15) is 4.79 Å². The molecule has 6 nitrogen and oxygen atoms in total. The van der Waals surface area contributed by atoms with E-state index in [1.807, 2.05) is 38.1 Å². The van der Waals surface area contributed by atoms with E-state index in [1.54, 1.807) is 4.90 Å². The lowest BCUT2D eigenvalue weighted by Gasteiger charge is -2.24. The number of carbonyl (C=O) groups is 1. The predicted octanol–water partition coefficient (Wildman–Crippen LogP) is 3.69. The third kappa shape index (κ3) is 3.42. The van der Waals surface area contributed by atoms with Crippen LogP contribution < -0.4 is 5.32 Å². The van der Waals surface area contributed by atoms with Crippen LogP contribution in [0.3, 0.4) is 0 Å². The number of hydrogen-bond acceptors (Lipinski definition) is 4. The summed E-state index contributed by atoms with van der Waals surface area (Å²) >= 11 is 0. The Labute approximate surface area is 142 Å². The molecule has 0 bridgehead atoms. The lowest BCUT2D eigenvalue weighted by atomic mass is 10.1. The number of urea groups is 1. The Kier molecular flexibility index (Phi) is 4.83. The van der Waals surface area contributed by atoms with Gasteiger partial charge in [-0.1, -0.05) is 35.8 Å². The molecule has 6 heteroatoms. The molecule has 1 aromatic heterocycles. The minimum absolute atomic E-state index is 0.0536. The Morgan fingerprint density at radius 1 is 1.50 bits per heavy atom. The van der Waals surface area contributed by atoms with E-state index in [4.69, 9.17) is 4.52 Å². The molecule has 2 aromatic rings. The number of aryl methyl sites for hydroxylation is 1. The molecule has 1 aliphatic rings. The van der Waals surface area contributed by atoms with Crippen molar-refractivity contribution < 1.29 is 9.32 Å². The zero-order valence-corrected chi connectivity index (χ0v) is 14.5. The van der Waals surface area contributed by atoms with Gasteiger partial charge >= 0.3 is 6.03 Å². The molecule has 3 rings (SSSR count). The molecule has 1 saturated heterocycles. The number of nitrogens with zero attached hydrogens (tertiary/aromatic N) is 3. The number of aromatic nitrogens is 2. The SMILES string of the molecule is CC[C@H](C)NC(=O)N1CCC[C@H]1c1nc(-c2cccc(C)c2)no1. The van der Waals surface area contributed by atoms with E-state index in [-0.39, 0.29) is 18.1 Å². The van der Waals surface area contributed by atoms with Crippen molar-refractivity contribution in [1.82, 2.24) is 20.4 Å². The molecule has 1 N–H and O–H groups in total. The lowest BCUT2D eigenvalue weighted by molar-refractivity contribution is 0.177. The monoisotopic (exact) mass is 328 g/mol. The smallest absolute Gasteiger partial charge is 0.318 e. The highest BCUT2D eigenvalue weighted by Crippen LogP contribution is 2.32. The van der Waals surface area contributed by atoms with Crippen LogP contribution in [-0.2, 0) is 0 Å². The Morgan fingerprint density at radius 3 is 3.08 bits per heavy atom. The normalized spacial score (nSPS) is 18.6. The first-order valence-electron chi connectivity index (χ1n) is 8.56. The van der Waals surface area contributed by atoms with Gasteiger partial charge < -0.3 is 14.7 Å². The van der Waals surface area contributed by atoms with Crippen LogP contribution in [0.1, 0.15) is 50.6 Å². The van der Waals surface area contributed by atoms with E-state index in [2.05, 4.69) is 22.4 Å². The molecule has 1 aliphatic heterocycles. The second kappa shape index (κ2) is 7.03. The van der Waals surface area contributed by atoms with Gasteiger partial charge in [-0.2, -0.15) is 4.98 Å². The number of carbonyl (C=O) groups excluding carboxylic acids is 1. The summed E-state index contributed by atoms with van der Waals surface area (Å²) in [4.78, 5) is 18.8. The molecule has 0 saturated carbocycles. The van der Waals surface area contributed by atoms with Crippen LogP contribution in [0.4, 0.5) is 4.79 Å². The van der Waals surface area contributed by atoms with E-state index >= 15 is 0 Å². The number of benzene rings is 1. The first kappa shape index (κ1) is 16.5. The Balaban J connectivity index is 1.77. The molecule has 2 amide bonds. The van der Waals surface area contributed by atoms with Gasteiger partial charge in [0.05, 0.1) is 0 Å². The third-order valence-corrected chi connectivity index (χ3v) is 4.50. The van der Waals surface area contributed by atoms with E-state index in [0.29, 0.717) is 11.7 Å². The molecule has 1 fully saturated rings. The van der Waals surface area contributed by atoms with Gasteiger partial charge in [0.25, 0.3) is 0 Å². The predicted molar refractivity (Wildman–Crippen MR) is 91.4 cm³/mol. The van der Waals surface area contributed by atoms with Gasteiger partial charge in [-0.05, 0) is 39.2 Å². The van der Waals surface area contributed by atoms with Crippen molar-refractivity contribution in [1.29, 1.82) is 0 Å². The molecule has 128 valence electrons. The molecule has 0 radical (unpaired) electrons. The van der Waals surface area contributed by atoms with Crippen LogP contribution in [0.2, 0.25) is 0 Å². The topological polar surface area (TPSA) is 71.3 Å².